The molecule has 5 rings (SSSR count). The van der Waals surface area contributed by atoms with Crippen LogP contribution in [0.5, 0.6) is 0 Å². The first-order chi connectivity index (χ1) is 17.0. The number of hydrogen-bond donors (Lipinski definition) is 0. The van der Waals surface area contributed by atoms with Gasteiger partial charge in [0.05, 0.1) is 14.5 Å². The number of thioether (sulfide) groups is 4. The number of carbonyl (C=O) groups excluding carboxylic acids is 1. The summed E-state index contributed by atoms with van der Waals surface area (Å²) in [6.07, 6.45) is 6.88. The van der Waals surface area contributed by atoms with Crippen molar-refractivity contribution in [1.29, 1.82) is 0 Å². The lowest BCUT2D eigenvalue weighted by molar-refractivity contribution is -0.105. The minimum atomic E-state index is 0.141. The Morgan fingerprint density at radius 2 is 1.91 bits per heavy atom. The van der Waals surface area contributed by atoms with E-state index in [0.29, 0.717) is 13.2 Å². The maximum Gasteiger partial charge on any atom is 0.218 e. The molecule has 2 aromatic heterocycles. The molecule has 182 valence electrons. The number of fused-ring (bicyclic) bond motifs is 3. The summed E-state index contributed by atoms with van der Waals surface area (Å²) in [5, 5.41) is 2.36. The Morgan fingerprint density at radius 3 is 2.69 bits per heavy atom. The first kappa shape index (κ1) is 25.9. The van der Waals surface area contributed by atoms with Crippen LogP contribution in [-0.2, 0) is 14.3 Å². The second-order valence-corrected chi connectivity index (χ2v) is 14.5. The van der Waals surface area contributed by atoms with E-state index >= 15 is 0 Å². The zero-order valence-corrected chi connectivity index (χ0v) is 25.6. The Labute approximate surface area is 237 Å². The molecule has 0 aromatic carbocycles. The summed E-state index contributed by atoms with van der Waals surface area (Å²) in [4.78, 5) is 20.9. The van der Waals surface area contributed by atoms with Crippen LogP contribution in [0.2, 0.25) is 0 Å². The summed E-state index contributed by atoms with van der Waals surface area (Å²) < 4.78 is 16.6. The Morgan fingerprint density at radius 1 is 1.11 bits per heavy atom. The highest BCUT2D eigenvalue weighted by Gasteiger charge is 2.28. The van der Waals surface area contributed by atoms with E-state index in [1.165, 1.54) is 45.3 Å². The average molecular weight is 642 g/mol. The van der Waals surface area contributed by atoms with Gasteiger partial charge >= 0.3 is 0 Å². The van der Waals surface area contributed by atoms with Crippen molar-refractivity contribution < 1.29 is 14.3 Å². The second-order valence-electron chi connectivity index (χ2n) is 7.53. The van der Waals surface area contributed by atoms with E-state index in [9.17, 15) is 4.79 Å². The van der Waals surface area contributed by atoms with Crippen molar-refractivity contribution in [2.45, 2.75) is 32.1 Å². The van der Waals surface area contributed by atoms with Crippen LogP contribution in [0.25, 0.3) is 20.9 Å². The second kappa shape index (κ2) is 11.3. The number of halogens is 1. The van der Waals surface area contributed by atoms with Crippen LogP contribution in [0.3, 0.4) is 0 Å². The molecule has 0 bridgehead atoms. The molecule has 2 aromatic rings. The maximum absolute atomic E-state index is 11.7. The number of ether oxygens (including phenoxy) is 2. The molecule has 0 unspecified atom stereocenters. The first-order valence-corrected chi connectivity index (χ1v) is 16.7. The Kier molecular flexibility index (Phi) is 8.38. The van der Waals surface area contributed by atoms with E-state index in [4.69, 9.17) is 9.47 Å². The lowest BCUT2D eigenvalue weighted by atomic mass is 10.2. The molecule has 3 aliphatic heterocycles. The largest absolute Gasteiger partial charge is 0.490 e. The standard InChI is InChI=1S/C25H21BrO3S6/c1-4-16(30-12-14-8-19-24(32-14)25-20(34-19)10-22(27)35-25)17(5-2)31-13(3)18-9-15-23(21(11-26)33-18)29-7-6-28-15/h4-5,8,10-12H,6-7,9H2,1-3H3/b14-12+,16-4+,17-5+,18-13+,21-11-. The van der Waals surface area contributed by atoms with Crippen molar-refractivity contribution in [2.24, 2.45) is 0 Å². The molecular formula is C25H21BrO3S6. The van der Waals surface area contributed by atoms with Gasteiger partial charge in [-0.25, -0.2) is 0 Å². The normalized spacial score (nSPS) is 21.8. The maximum atomic E-state index is 11.7. The fourth-order valence-corrected chi connectivity index (χ4v) is 11.0. The third-order valence-electron chi connectivity index (χ3n) is 5.28. The number of allylic oxidation sites excluding steroid dienone is 4. The minimum Gasteiger partial charge on any atom is -0.490 e. The molecule has 0 fully saturated rings. The van der Waals surface area contributed by atoms with Gasteiger partial charge < -0.3 is 9.47 Å². The third kappa shape index (κ3) is 5.44. The smallest absolute Gasteiger partial charge is 0.218 e. The van der Waals surface area contributed by atoms with Gasteiger partial charge in [0.2, 0.25) is 5.12 Å². The molecule has 0 saturated carbocycles. The molecule has 0 atom stereocenters. The summed E-state index contributed by atoms with van der Waals surface area (Å²) in [6.45, 7) is 7.56. The van der Waals surface area contributed by atoms with Gasteiger partial charge in [0, 0.05) is 41.0 Å². The fraction of sp³-hybridized carbons (Fsp3) is 0.240. The quantitative estimate of drug-likeness (QED) is 0.304. The van der Waals surface area contributed by atoms with E-state index in [1.807, 2.05) is 4.99 Å². The van der Waals surface area contributed by atoms with Crippen LogP contribution in [0, 0.1) is 0 Å². The molecule has 5 heterocycles. The molecule has 0 aliphatic carbocycles. The molecule has 0 N–H and O–H groups in total. The molecule has 0 saturated heterocycles. The highest BCUT2D eigenvalue weighted by atomic mass is 79.9. The van der Waals surface area contributed by atoms with Gasteiger partial charge in [-0.3, -0.25) is 4.79 Å². The van der Waals surface area contributed by atoms with Crippen LogP contribution in [-0.4, -0.2) is 18.3 Å². The number of thiophene rings is 2. The number of rotatable bonds is 5. The number of carbonyl (C=O) groups is 1. The van der Waals surface area contributed by atoms with E-state index in [1.54, 1.807) is 64.0 Å². The van der Waals surface area contributed by atoms with Crippen molar-refractivity contribution in [3.63, 3.8) is 0 Å². The van der Waals surface area contributed by atoms with Gasteiger partial charge in [-0.2, -0.15) is 0 Å². The molecular weight excluding hydrogens is 621 g/mol. The molecule has 0 spiro atoms. The highest BCUT2D eigenvalue weighted by molar-refractivity contribution is 9.11. The molecule has 10 heteroatoms. The van der Waals surface area contributed by atoms with Gasteiger partial charge in [-0.15, -0.1) is 22.7 Å². The predicted octanol–water partition coefficient (Wildman–Crippen LogP) is 8.25. The summed E-state index contributed by atoms with van der Waals surface area (Å²) in [6, 6.07) is 2.24. The Bertz CT molecular complexity index is 1480. The van der Waals surface area contributed by atoms with Gasteiger partial charge in [0.15, 0.2) is 5.76 Å². The van der Waals surface area contributed by atoms with Gasteiger partial charge in [0.1, 0.15) is 19.0 Å². The van der Waals surface area contributed by atoms with E-state index in [0.717, 1.165) is 32.3 Å². The molecule has 3 aliphatic rings. The Hall–Kier alpha value is -0.750. The van der Waals surface area contributed by atoms with E-state index in [-0.39, 0.29) is 5.12 Å². The van der Waals surface area contributed by atoms with Crippen molar-refractivity contribution in [2.75, 3.05) is 13.2 Å². The molecule has 3 nitrogen and oxygen atoms in total. The van der Waals surface area contributed by atoms with Crippen LogP contribution < -0.4 is 9.06 Å². The zero-order chi connectivity index (χ0) is 24.5. The van der Waals surface area contributed by atoms with E-state index in [2.05, 4.69) is 60.3 Å². The van der Waals surface area contributed by atoms with E-state index < -0.39 is 0 Å². The first-order valence-electron chi connectivity index (χ1n) is 10.8. The SMILES string of the molecule is C/C=C(S/C=c1\cc2sc3c(c2s1)SC(=O)C=3)\C(=C/C)S/C(C)=C1\CC2=C(OCCO2)/C(=C/Br)S1. The molecule has 0 amide bonds. The summed E-state index contributed by atoms with van der Waals surface area (Å²) in [7, 11) is 0. The lowest BCUT2D eigenvalue weighted by Gasteiger charge is -2.29. The summed E-state index contributed by atoms with van der Waals surface area (Å²) in [5.74, 6) is 1.79. The third-order valence-corrected chi connectivity index (χ3v) is 13.5. The van der Waals surface area contributed by atoms with Crippen LogP contribution in [0.15, 0.2) is 64.1 Å². The fourth-order valence-electron chi connectivity index (χ4n) is 3.68. The number of hydrogen-bond acceptors (Lipinski definition) is 9. The summed E-state index contributed by atoms with van der Waals surface area (Å²) >= 11 is 13.6. The van der Waals surface area contributed by atoms with Gasteiger partial charge in [-0.05, 0) is 53.9 Å². The minimum absolute atomic E-state index is 0.141. The summed E-state index contributed by atoms with van der Waals surface area (Å²) in [5.41, 5.74) is 0. The van der Waals surface area contributed by atoms with Gasteiger partial charge in [-0.1, -0.05) is 63.4 Å². The van der Waals surface area contributed by atoms with Crippen LogP contribution in [0.1, 0.15) is 27.2 Å². The van der Waals surface area contributed by atoms with Crippen molar-refractivity contribution >= 4 is 112 Å². The Balaban J connectivity index is 1.34. The van der Waals surface area contributed by atoms with Crippen LogP contribution in [0.4, 0.5) is 0 Å². The van der Waals surface area contributed by atoms with Crippen molar-refractivity contribution in [1.82, 2.24) is 0 Å². The van der Waals surface area contributed by atoms with Crippen molar-refractivity contribution in [3.05, 3.63) is 68.3 Å². The average Bonchev–Trinajstić information content (AvgIpc) is 3.52. The molecule has 35 heavy (non-hydrogen) atoms. The predicted molar refractivity (Wildman–Crippen MR) is 162 cm³/mol. The van der Waals surface area contributed by atoms with Gasteiger partial charge in [0.25, 0.3) is 0 Å². The van der Waals surface area contributed by atoms with Crippen LogP contribution >= 0.6 is 85.7 Å². The highest BCUT2D eigenvalue weighted by Crippen LogP contribution is 2.49. The molecule has 0 radical (unpaired) electrons. The monoisotopic (exact) mass is 640 g/mol. The van der Waals surface area contributed by atoms with Crippen molar-refractivity contribution in [3.8, 4) is 0 Å². The zero-order valence-electron chi connectivity index (χ0n) is 19.1. The topological polar surface area (TPSA) is 35.5 Å². The lowest BCUT2D eigenvalue weighted by Crippen LogP contribution is -2.17.